The van der Waals surface area contributed by atoms with Crippen molar-refractivity contribution in [2.75, 3.05) is 0 Å². The molecule has 5 N–H and O–H groups in total. The van der Waals surface area contributed by atoms with Gasteiger partial charge in [0.25, 0.3) is 0 Å². The standard InChI is InChI=1S/C7H9N5O3/c1-3(13)4-2-10-12-5(14)7(4,9)11-6(8)15/h2H,9H2,1H3,(H3,8,11,15). The summed E-state index contributed by atoms with van der Waals surface area (Å²) in [5.74, 6) is -1.45. The Bertz CT molecular complexity index is 399. The molecule has 0 spiro atoms. The molecule has 1 aliphatic heterocycles. The minimum Gasteiger partial charge on any atom is -0.352 e. The van der Waals surface area contributed by atoms with E-state index in [1.165, 1.54) is 6.92 Å². The smallest absolute Gasteiger partial charge is 0.314 e. The molecule has 0 aromatic rings. The summed E-state index contributed by atoms with van der Waals surface area (Å²) in [6.45, 7) is 1.18. The minimum absolute atomic E-state index is 0.165. The molecule has 1 unspecified atom stereocenters. The van der Waals surface area contributed by atoms with E-state index in [9.17, 15) is 14.4 Å². The van der Waals surface area contributed by atoms with Crippen molar-refractivity contribution in [3.8, 4) is 0 Å². The Labute approximate surface area is 84.4 Å². The summed E-state index contributed by atoms with van der Waals surface area (Å²) in [6.07, 6.45) is 1.01. The van der Waals surface area contributed by atoms with Crippen molar-refractivity contribution in [3.63, 3.8) is 0 Å². The number of rotatable bonds is 2. The van der Waals surface area contributed by atoms with Crippen molar-refractivity contribution in [2.24, 2.45) is 21.7 Å². The molecule has 0 aromatic carbocycles. The van der Waals surface area contributed by atoms with Gasteiger partial charge < -0.3 is 11.1 Å². The number of hydrogen-bond donors (Lipinski definition) is 3. The number of nitrogens with one attached hydrogen (secondary N) is 1. The van der Waals surface area contributed by atoms with Gasteiger partial charge in [-0.05, 0) is 6.92 Å². The van der Waals surface area contributed by atoms with Crippen molar-refractivity contribution in [2.45, 2.75) is 12.6 Å². The highest BCUT2D eigenvalue weighted by atomic mass is 16.2. The predicted octanol–water partition coefficient (Wildman–Crippen LogP) is -1.22. The molecule has 0 saturated carbocycles. The summed E-state index contributed by atoms with van der Waals surface area (Å²) in [4.78, 5) is 33.1. The number of Topliss-reactive ketones (excluding diaryl/α,β-unsaturated/α-hetero) is 1. The van der Waals surface area contributed by atoms with Crippen molar-refractivity contribution in [1.82, 2.24) is 5.32 Å². The fourth-order valence-electron chi connectivity index (χ4n) is 1.12. The van der Waals surface area contributed by atoms with Gasteiger partial charge in [-0.2, -0.15) is 5.11 Å². The third kappa shape index (κ3) is 1.89. The fourth-order valence-corrected chi connectivity index (χ4v) is 1.12. The van der Waals surface area contributed by atoms with E-state index in [0.29, 0.717) is 0 Å². The molecule has 3 amide bonds. The van der Waals surface area contributed by atoms with Crippen LogP contribution in [0.1, 0.15) is 6.92 Å². The van der Waals surface area contributed by atoms with E-state index in [2.05, 4.69) is 10.2 Å². The second kappa shape index (κ2) is 3.58. The number of carbonyl (C=O) groups excluding carboxylic acids is 3. The Balaban J connectivity index is 3.17. The fraction of sp³-hybridized carbons (Fsp3) is 0.286. The number of urea groups is 1. The molecule has 0 saturated heterocycles. The van der Waals surface area contributed by atoms with Crippen LogP contribution in [0.5, 0.6) is 0 Å². The van der Waals surface area contributed by atoms with Gasteiger partial charge in [-0.25, -0.2) is 4.79 Å². The third-order valence-electron chi connectivity index (χ3n) is 1.80. The normalized spacial score (nSPS) is 24.7. The molecule has 1 heterocycles. The average molecular weight is 211 g/mol. The van der Waals surface area contributed by atoms with E-state index < -0.39 is 23.4 Å². The van der Waals surface area contributed by atoms with Crippen molar-refractivity contribution < 1.29 is 14.4 Å². The number of amides is 3. The number of carbonyl (C=O) groups is 3. The van der Waals surface area contributed by atoms with Crippen LogP contribution in [0, 0.1) is 0 Å². The number of azo groups is 1. The van der Waals surface area contributed by atoms with Crippen molar-refractivity contribution in [3.05, 3.63) is 11.8 Å². The Morgan fingerprint density at radius 1 is 1.53 bits per heavy atom. The molecule has 0 bridgehead atoms. The first kappa shape index (κ1) is 11.0. The average Bonchev–Trinajstić information content (AvgIpc) is 2.08. The van der Waals surface area contributed by atoms with Crippen LogP contribution in [0.4, 0.5) is 4.79 Å². The summed E-state index contributed by atoms with van der Waals surface area (Å²) in [7, 11) is 0. The Kier molecular flexibility index (Phi) is 2.62. The minimum atomic E-state index is -2.01. The van der Waals surface area contributed by atoms with Gasteiger partial charge in [-0.1, -0.05) is 0 Å². The largest absolute Gasteiger partial charge is 0.352 e. The molecule has 1 rings (SSSR count). The van der Waals surface area contributed by atoms with Crippen LogP contribution in [0.3, 0.4) is 0 Å². The third-order valence-corrected chi connectivity index (χ3v) is 1.80. The van der Waals surface area contributed by atoms with Crippen LogP contribution in [-0.2, 0) is 9.59 Å². The van der Waals surface area contributed by atoms with Gasteiger partial charge in [0.05, 0.1) is 11.8 Å². The summed E-state index contributed by atoms with van der Waals surface area (Å²) in [5, 5.41) is 8.38. The highest BCUT2D eigenvalue weighted by molar-refractivity contribution is 6.07. The van der Waals surface area contributed by atoms with Crippen LogP contribution >= 0.6 is 0 Å². The molecule has 8 nitrogen and oxygen atoms in total. The molecule has 0 aromatic heterocycles. The SMILES string of the molecule is CC(=O)C1=CN=NC(=O)C1(N)NC(N)=O. The predicted molar refractivity (Wildman–Crippen MR) is 48.3 cm³/mol. The van der Waals surface area contributed by atoms with Crippen LogP contribution in [0.15, 0.2) is 22.0 Å². The number of ketones is 1. The van der Waals surface area contributed by atoms with Gasteiger partial charge in [-0.3, -0.25) is 15.3 Å². The lowest BCUT2D eigenvalue weighted by molar-refractivity contribution is -0.125. The van der Waals surface area contributed by atoms with E-state index in [-0.39, 0.29) is 5.57 Å². The highest BCUT2D eigenvalue weighted by Crippen LogP contribution is 2.18. The number of nitrogens with two attached hydrogens (primary N) is 2. The second-order valence-corrected chi connectivity index (χ2v) is 2.92. The van der Waals surface area contributed by atoms with E-state index >= 15 is 0 Å². The Hall–Kier alpha value is -2.09. The maximum atomic E-state index is 11.3. The molecule has 0 radical (unpaired) electrons. The molecule has 8 heteroatoms. The van der Waals surface area contributed by atoms with Crippen LogP contribution in [0.2, 0.25) is 0 Å². The Morgan fingerprint density at radius 2 is 2.13 bits per heavy atom. The summed E-state index contributed by atoms with van der Waals surface area (Å²) in [5.41, 5.74) is 8.20. The van der Waals surface area contributed by atoms with Gasteiger partial charge in [0.15, 0.2) is 5.78 Å². The lowest BCUT2D eigenvalue weighted by Crippen LogP contribution is -2.65. The van der Waals surface area contributed by atoms with Gasteiger partial charge >= 0.3 is 11.9 Å². The van der Waals surface area contributed by atoms with Crippen molar-refractivity contribution >= 4 is 17.7 Å². The molecule has 1 atom stereocenters. The zero-order valence-electron chi connectivity index (χ0n) is 7.85. The Morgan fingerprint density at radius 3 is 2.60 bits per heavy atom. The molecule has 80 valence electrons. The van der Waals surface area contributed by atoms with Gasteiger partial charge in [0.1, 0.15) is 0 Å². The van der Waals surface area contributed by atoms with Gasteiger partial charge in [0.2, 0.25) is 5.66 Å². The molecule has 0 fully saturated rings. The molecular formula is C7H9N5O3. The van der Waals surface area contributed by atoms with E-state index in [1.807, 2.05) is 5.32 Å². The number of nitrogens with zero attached hydrogens (tertiary/aromatic N) is 2. The lowest BCUT2D eigenvalue weighted by Gasteiger charge is -2.28. The first-order valence-corrected chi connectivity index (χ1v) is 3.91. The quantitative estimate of drug-likeness (QED) is 0.492. The summed E-state index contributed by atoms with van der Waals surface area (Å²) in [6, 6.07) is -1.03. The summed E-state index contributed by atoms with van der Waals surface area (Å²) < 4.78 is 0. The summed E-state index contributed by atoms with van der Waals surface area (Å²) >= 11 is 0. The first-order chi connectivity index (χ1) is 6.88. The van der Waals surface area contributed by atoms with Crippen LogP contribution in [0.25, 0.3) is 0 Å². The van der Waals surface area contributed by atoms with E-state index in [1.54, 1.807) is 0 Å². The number of hydrogen-bond acceptors (Lipinski definition) is 5. The van der Waals surface area contributed by atoms with Crippen LogP contribution in [-0.4, -0.2) is 23.4 Å². The maximum absolute atomic E-state index is 11.3. The second-order valence-electron chi connectivity index (χ2n) is 2.92. The molecule has 0 aliphatic carbocycles. The highest BCUT2D eigenvalue weighted by Gasteiger charge is 2.43. The zero-order chi connectivity index (χ0) is 11.6. The van der Waals surface area contributed by atoms with Crippen LogP contribution < -0.4 is 16.8 Å². The topological polar surface area (TPSA) is 140 Å². The molecule has 1 aliphatic rings. The van der Waals surface area contributed by atoms with Gasteiger partial charge in [-0.15, -0.1) is 5.11 Å². The van der Waals surface area contributed by atoms with Gasteiger partial charge in [0, 0.05) is 0 Å². The lowest BCUT2D eigenvalue weighted by atomic mass is 9.96. The molecular weight excluding hydrogens is 202 g/mol. The van der Waals surface area contributed by atoms with Crippen molar-refractivity contribution in [1.29, 1.82) is 0 Å². The number of primary amides is 1. The van der Waals surface area contributed by atoms with E-state index in [4.69, 9.17) is 11.5 Å². The van der Waals surface area contributed by atoms with E-state index in [0.717, 1.165) is 6.20 Å². The zero-order valence-corrected chi connectivity index (χ0v) is 7.85. The first-order valence-electron chi connectivity index (χ1n) is 3.91. The molecule has 15 heavy (non-hydrogen) atoms. The monoisotopic (exact) mass is 211 g/mol. The maximum Gasteiger partial charge on any atom is 0.314 e.